The molecular weight excluding hydrogens is 304 g/mol. The van der Waals surface area contributed by atoms with Crippen LogP contribution in [0.15, 0.2) is 30.9 Å². The summed E-state index contributed by atoms with van der Waals surface area (Å²) in [6.45, 7) is 6.56. The summed E-state index contributed by atoms with van der Waals surface area (Å²) < 4.78 is 13.7. The lowest BCUT2D eigenvalue weighted by Gasteiger charge is -2.23. The van der Waals surface area contributed by atoms with E-state index in [-0.39, 0.29) is 0 Å². The standard InChI is InChI=1S/C18H24N4O2/c1-3-16(9-19-5-1)24-13-17-18-11-21(10-15-4-8-23-12-15)6-2-7-22(18)14-20-17/h1,3,5,9,14-15H,2,4,6-8,10-13H2/t15-/m0/s1. The molecule has 0 amide bonds. The average Bonchev–Trinajstić information content (AvgIpc) is 3.20. The van der Waals surface area contributed by atoms with Crippen LogP contribution in [0.2, 0.25) is 0 Å². The lowest BCUT2D eigenvalue weighted by Crippen LogP contribution is -2.30. The molecule has 0 radical (unpaired) electrons. The molecule has 1 fully saturated rings. The number of nitrogens with zero attached hydrogens (tertiary/aromatic N) is 4. The lowest BCUT2D eigenvalue weighted by molar-refractivity contribution is 0.164. The van der Waals surface area contributed by atoms with Gasteiger partial charge in [-0.2, -0.15) is 0 Å². The number of imidazole rings is 1. The van der Waals surface area contributed by atoms with E-state index >= 15 is 0 Å². The molecule has 4 rings (SSSR count). The van der Waals surface area contributed by atoms with E-state index in [4.69, 9.17) is 9.47 Å². The molecule has 1 saturated heterocycles. The molecule has 6 nitrogen and oxygen atoms in total. The molecule has 0 spiro atoms. The Morgan fingerprint density at radius 1 is 1.33 bits per heavy atom. The zero-order chi connectivity index (χ0) is 16.2. The molecule has 0 N–H and O–H groups in total. The lowest BCUT2D eigenvalue weighted by atomic mass is 10.1. The SMILES string of the molecule is c1cncc(OCc2ncn3c2CN(C[C@@H]2CCOC2)CCC3)c1. The summed E-state index contributed by atoms with van der Waals surface area (Å²) in [5, 5.41) is 0. The number of rotatable bonds is 5. The normalized spacial score (nSPS) is 21.4. The number of pyridine rings is 1. The van der Waals surface area contributed by atoms with Crippen LogP contribution in [0.25, 0.3) is 0 Å². The second kappa shape index (κ2) is 7.32. The van der Waals surface area contributed by atoms with E-state index in [0.717, 1.165) is 50.8 Å². The van der Waals surface area contributed by atoms with Crippen LogP contribution in [0, 0.1) is 5.92 Å². The van der Waals surface area contributed by atoms with Crippen molar-refractivity contribution in [3.63, 3.8) is 0 Å². The Kier molecular flexibility index (Phi) is 4.76. The van der Waals surface area contributed by atoms with Crippen LogP contribution in [0.4, 0.5) is 0 Å². The maximum atomic E-state index is 5.85. The quantitative estimate of drug-likeness (QED) is 0.841. The molecule has 0 saturated carbocycles. The van der Waals surface area contributed by atoms with Crippen molar-refractivity contribution in [2.24, 2.45) is 5.92 Å². The number of hydrogen-bond donors (Lipinski definition) is 0. The van der Waals surface area contributed by atoms with Crippen molar-refractivity contribution < 1.29 is 9.47 Å². The summed E-state index contributed by atoms with van der Waals surface area (Å²) in [6.07, 6.45) is 7.80. The highest BCUT2D eigenvalue weighted by atomic mass is 16.5. The maximum absolute atomic E-state index is 5.85. The number of hydrogen-bond acceptors (Lipinski definition) is 5. The zero-order valence-corrected chi connectivity index (χ0v) is 13.9. The van der Waals surface area contributed by atoms with E-state index in [0.29, 0.717) is 12.5 Å². The van der Waals surface area contributed by atoms with Gasteiger partial charge in [0.2, 0.25) is 0 Å². The van der Waals surface area contributed by atoms with Crippen LogP contribution in [-0.4, -0.2) is 45.7 Å². The van der Waals surface area contributed by atoms with Gasteiger partial charge in [0.1, 0.15) is 18.1 Å². The molecule has 128 valence electrons. The van der Waals surface area contributed by atoms with Gasteiger partial charge in [-0.15, -0.1) is 0 Å². The monoisotopic (exact) mass is 328 g/mol. The van der Waals surface area contributed by atoms with Gasteiger partial charge in [0.25, 0.3) is 0 Å². The van der Waals surface area contributed by atoms with E-state index in [1.54, 1.807) is 12.4 Å². The first kappa shape index (κ1) is 15.6. The van der Waals surface area contributed by atoms with Crippen molar-refractivity contribution in [3.05, 3.63) is 42.2 Å². The molecule has 2 aromatic rings. The van der Waals surface area contributed by atoms with Crippen molar-refractivity contribution in [3.8, 4) is 5.75 Å². The molecule has 2 aliphatic rings. The van der Waals surface area contributed by atoms with E-state index in [1.165, 1.54) is 18.5 Å². The van der Waals surface area contributed by atoms with Crippen LogP contribution in [0.1, 0.15) is 24.2 Å². The highest BCUT2D eigenvalue weighted by Gasteiger charge is 2.23. The third-order valence-corrected chi connectivity index (χ3v) is 4.83. The fourth-order valence-corrected chi connectivity index (χ4v) is 3.53. The number of aromatic nitrogens is 3. The van der Waals surface area contributed by atoms with Gasteiger partial charge in [-0.05, 0) is 30.9 Å². The molecule has 0 aromatic carbocycles. The summed E-state index contributed by atoms with van der Waals surface area (Å²) in [7, 11) is 0. The Morgan fingerprint density at radius 3 is 3.17 bits per heavy atom. The molecule has 1 atom stereocenters. The molecule has 4 heterocycles. The molecule has 6 heteroatoms. The van der Waals surface area contributed by atoms with E-state index in [1.807, 2.05) is 18.5 Å². The first-order chi connectivity index (χ1) is 11.9. The summed E-state index contributed by atoms with van der Waals surface area (Å²) >= 11 is 0. The summed E-state index contributed by atoms with van der Waals surface area (Å²) in [6, 6.07) is 3.81. The number of fused-ring (bicyclic) bond motifs is 1. The Morgan fingerprint density at radius 2 is 2.33 bits per heavy atom. The van der Waals surface area contributed by atoms with E-state index in [2.05, 4.69) is 19.4 Å². The van der Waals surface area contributed by atoms with E-state index < -0.39 is 0 Å². The topological polar surface area (TPSA) is 52.4 Å². The van der Waals surface area contributed by atoms with Crippen molar-refractivity contribution in [2.45, 2.75) is 32.5 Å². The van der Waals surface area contributed by atoms with Gasteiger partial charge in [-0.1, -0.05) is 0 Å². The van der Waals surface area contributed by atoms with E-state index in [9.17, 15) is 0 Å². The van der Waals surface area contributed by atoms with Crippen molar-refractivity contribution in [1.29, 1.82) is 0 Å². The van der Waals surface area contributed by atoms with Crippen LogP contribution in [-0.2, 0) is 24.4 Å². The van der Waals surface area contributed by atoms with Gasteiger partial charge < -0.3 is 14.0 Å². The third-order valence-electron chi connectivity index (χ3n) is 4.83. The number of ether oxygens (including phenoxy) is 2. The minimum Gasteiger partial charge on any atom is -0.486 e. The second-order valence-corrected chi connectivity index (χ2v) is 6.63. The Balaban J connectivity index is 1.43. The van der Waals surface area contributed by atoms with Crippen molar-refractivity contribution >= 4 is 0 Å². The fraction of sp³-hybridized carbons (Fsp3) is 0.556. The summed E-state index contributed by atoms with van der Waals surface area (Å²) in [5.74, 6) is 1.46. The Labute approximate surface area is 142 Å². The minimum atomic E-state index is 0.494. The van der Waals surface area contributed by atoms with Gasteiger partial charge in [0.15, 0.2) is 0 Å². The summed E-state index contributed by atoms with van der Waals surface area (Å²) in [5.41, 5.74) is 2.32. The van der Waals surface area contributed by atoms with Crippen molar-refractivity contribution in [2.75, 3.05) is 26.3 Å². The smallest absolute Gasteiger partial charge is 0.138 e. The Hall–Kier alpha value is -1.92. The van der Waals surface area contributed by atoms with Gasteiger partial charge >= 0.3 is 0 Å². The maximum Gasteiger partial charge on any atom is 0.138 e. The summed E-state index contributed by atoms with van der Waals surface area (Å²) in [4.78, 5) is 11.2. The largest absolute Gasteiger partial charge is 0.486 e. The molecule has 2 aromatic heterocycles. The molecule has 24 heavy (non-hydrogen) atoms. The van der Waals surface area contributed by atoms with Crippen LogP contribution in [0.5, 0.6) is 5.75 Å². The first-order valence-electron chi connectivity index (χ1n) is 8.74. The van der Waals surface area contributed by atoms with Gasteiger partial charge in [-0.25, -0.2) is 4.98 Å². The molecule has 0 unspecified atom stereocenters. The van der Waals surface area contributed by atoms with Crippen LogP contribution >= 0.6 is 0 Å². The molecular formula is C18H24N4O2. The predicted molar refractivity (Wildman–Crippen MR) is 89.6 cm³/mol. The third kappa shape index (κ3) is 3.60. The second-order valence-electron chi connectivity index (χ2n) is 6.63. The Bertz CT molecular complexity index is 652. The molecule has 0 bridgehead atoms. The minimum absolute atomic E-state index is 0.494. The van der Waals surface area contributed by atoms with Gasteiger partial charge in [-0.3, -0.25) is 9.88 Å². The molecule has 0 aliphatic carbocycles. The zero-order valence-electron chi connectivity index (χ0n) is 13.9. The first-order valence-corrected chi connectivity index (χ1v) is 8.74. The highest BCUT2D eigenvalue weighted by Crippen LogP contribution is 2.21. The number of aryl methyl sites for hydroxylation is 1. The van der Waals surface area contributed by atoms with Crippen LogP contribution < -0.4 is 4.74 Å². The van der Waals surface area contributed by atoms with Crippen LogP contribution in [0.3, 0.4) is 0 Å². The van der Waals surface area contributed by atoms with Gasteiger partial charge in [0.05, 0.1) is 24.8 Å². The predicted octanol–water partition coefficient (Wildman–Crippen LogP) is 2.10. The van der Waals surface area contributed by atoms with Crippen molar-refractivity contribution in [1.82, 2.24) is 19.4 Å². The fourth-order valence-electron chi connectivity index (χ4n) is 3.53. The molecule has 2 aliphatic heterocycles. The highest BCUT2D eigenvalue weighted by molar-refractivity contribution is 5.18. The average molecular weight is 328 g/mol. The van der Waals surface area contributed by atoms with Gasteiger partial charge in [0, 0.05) is 39.0 Å².